The summed E-state index contributed by atoms with van der Waals surface area (Å²) in [6.07, 6.45) is 0.935. The molecule has 1 saturated heterocycles. The molecule has 0 bridgehead atoms. The number of thiocarbonyl (C=S) groups is 1. The van der Waals surface area contributed by atoms with E-state index in [1.54, 1.807) is 12.1 Å². The fourth-order valence-corrected chi connectivity index (χ4v) is 4.65. The third-order valence-corrected chi connectivity index (χ3v) is 6.74. The molecule has 176 valence electrons. The van der Waals surface area contributed by atoms with Crippen LogP contribution in [0.1, 0.15) is 16.9 Å². The first-order valence-electron chi connectivity index (χ1n) is 11.6. The molecule has 0 atom stereocenters. The van der Waals surface area contributed by atoms with Gasteiger partial charge in [-0.2, -0.15) is 0 Å². The second kappa shape index (κ2) is 10.1. The van der Waals surface area contributed by atoms with Crippen LogP contribution in [-0.4, -0.2) is 41.0 Å². The lowest BCUT2D eigenvalue weighted by Gasteiger charge is -2.37. The van der Waals surface area contributed by atoms with E-state index in [4.69, 9.17) is 16.6 Å². The number of nitrogens with zero attached hydrogens (tertiary/aromatic N) is 3. The summed E-state index contributed by atoms with van der Waals surface area (Å²) in [6.45, 7) is 3.35. The summed E-state index contributed by atoms with van der Waals surface area (Å²) in [5.74, 6) is 1.18. The van der Waals surface area contributed by atoms with Crippen LogP contribution in [0.4, 0.5) is 11.4 Å². The van der Waals surface area contributed by atoms with Gasteiger partial charge in [0.25, 0.3) is 5.69 Å². The maximum atomic E-state index is 11.1. The molecule has 6 nitrogen and oxygen atoms in total. The van der Waals surface area contributed by atoms with Gasteiger partial charge in [-0.1, -0.05) is 66.8 Å². The summed E-state index contributed by atoms with van der Waals surface area (Å²) in [6, 6.07) is 29.4. The minimum atomic E-state index is -0.408. The van der Waals surface area contributed by atoms with Crippen LogP contribution in [0.5, 0.6) is 0 Å². The van der Waals surface area contributed by atoms with Gasteiger partial charge in [0.15, 0.2) is 5.76 Å². The molecule has 0 spiro atoms. The largest absolute Gasteiger partial charge is 0.454 e. The highest BCUT2D eigenvalue weighted by Gasteiger charge is 2.22. The van der Waals surface area contributed by atoms with Gasteiger partial charge in [0.2, 0.25) is 0 Å². The fraction of sp³-hybridized carbons (Fsp3) is 0.179. The fourth-order valence-electron chi connectivity index (χ4n) is 4.36. The number of anilines is 1. The number of nitro benzene ring substituents is 1. The molecule has 1 aliphatic rings. The zero-order valence-electron chi connectivity index (χ0n) is 19.2. The minimum Gasteiger partial charge on any atom is -0.454 e. The van der Waals surface area contributed by atoms with E-state index in [1.807, 2.05) is 18.2 Å². The van der Waals surface area contributed by atoms with E-state index in [-0.39, 0.29) is 5.69 Å². The molecule has 3 aromatic carbocycles. The minimum absolute atomic E-state index is 0.0345. The van der Waals surface area contributed by atoms with Gasteiger partial charge in [0.1, 0.15) is 10.7 Å². The summed E-state index contributed by atoms with van der Waals surface area (Å²) in [4.78, 5) is 15.9. The zero-order valence-corrected chi connectivity index (χ0v) is 20.0. The second-order valence-corrected chi connectivity index (χ2v) is 8.97. The van der Waals surface area contributed by atoms with Gasteiger partial charge < -0.3 is 14.2 Å². The lowest BCUT2D eigenvalue weighted by Crippen LogP contribution is -2.48. The van der Waals surface area contributed by atoms with Gasteiger partial charge in [-0.15, -0.1) is 0 Å². The highest BCUT2D eigenvalue weighted by atomic mass is 32.1. The SMILES string of the molecule is O=[N+]([O-])c1cccc(-c2ccc(C(=S)N3CCN(c4ccc(Cc5ccccc5)cc4)CC3)o2)c1. The predicted molar refractivity (Wildman–Crippen MR) is 142 cm³/mol. The van der Waals surface area contributed by atoms with Gasteiger partial charge >= 0.3 is 0 Å². The smallest absolute Gasteiger partial charge is 0.270 e. The molecule has 0 unspecified atom stereocenters. The van der Waals surface area contributed by atoms with Crippen LogP contribution < -0.4 is 4.90 Å². The van der Waals surface area contributed by atoms with Crippen molar-refractivity contribution in [3.63, 3.8) is 0 Å². The van der Waals surface area contributed by atoms with Crippen LogP contribution in [0.15, 0.2) is 95.4 Å². The summed E-state index contributed by atoms with van der Waals surface area (Å²) >= 11 is 5.71. The molecular weight excluding hydrogens is 458 g/mol. The zero-order chi connectivity index (χ0) is 24.2. The first-order chi connectivity index (χ1) is 17.1. The number of hydrogen-bond donors (Lipinski definition) is 0. The van der Waals surface area contributed by atoms with Gasteiger partial charge in [-0.05, 0) is 41.8 Å². The molecule has 0 amide bonds. The molecule has 0 radical (unpaired) electrons. The summed E-state index contributed by atoms with van der Waals surface area (Å²) in [5, 5.41) is 11.1. The van der Waals surface area contributed by atoms with Gasteiger partial charge in [0, 0.05) is 49.6 Å². The van der Waals surface area contributed by atoms with Crippen LogP contribution >= 0.6 is 12.2 Å². The van der Waals surface area contributed by atoms with E-state index in [2.05, 4.69) is 58.3 Å². The van der Waals surface area contributed by atoms with Crippen molar-refractivity contribution in [2.24, 2.45) is 0 Å². The van der Waals surface area contributed by atoms with Crippen LogP contribution in [-0.2, 0) is 6.42 Å². The third kappa shape index (κ3) is 5.25. The maximum Gasteiger partial charge on any atom is 0.270 e. The number of hydrogen-bond acceptors (Lipinski definition) is 5. The van der Waals surface area contributed by atoms with Crippen molar-refractivity contribution >= 4 is 28.6 Å². The van der Waals surface area contributed by atoms with Crippen molar-refractivity contribution < 1.29 is 9.34 Å². The normalized spacial score (nSPS) is 13.6. The first-order valence-corrected chi connectivity index (χ1v) is 12.0. The molecular formula is C28H25N3O3S. The molecule has 1 aromatic heterocycles. The number of rotatable bonds is 6. The number of nitro groups is 1. The topological polar surface area (TPSA) is 62.8 Å². The van der Waals surface area contributed by atoms with E-state index in [0.717, 1.165) is 32.6 Å². The number of piperazine rings is 1. The van der Waals surface area contributed by atoms with Crippen LogP contribution in [0.2, 0.25) is 0 Å². The first kappa shape index (κ1) is 22.8. The van der Waals surface area contributed by atoms with Crippen molar-refractivity contribution in [2.45, 2.75) is 6.42 Å². The van der Waals surface area contributed by atoms with Gasteiger partial charge in [-0.3, -0.25) is 10.1 Å². The number of non-ortho nitro benzene ring substituents is 1. The van der Waals surface area contributed by atoms with Gasteiger partial charge in [0.05, 0.1) is 4.92 Å². The Balaban J connectivity index is 1.19. The molecule has 5 rings (SSSR count). The lowest BCUT2D eigenvalue weighted by atomic mass is 10.0. The Morgan fingerprint density at radius 3 is 2.29 bits per heavy atom. The second-order valence-electron chi connectivity index (χ2n) is 8.58. The van der Waals surface area contributed by atoms with Crippen molar-refractivity contribution in [1.82, 2.24) is 4.90 Å². The Labute approximate surface area is 209 Å². The van der Waals surface area contributed by atoms with Crippen LogP contribution in [0.25, 0.3) is 11.3 Å². The average Bonchev–Trinajstić information content (AvgIpc) is 3.40. The molecule has 0 N–H and O–H groups in total. The molecule has 1 aliphatic heterocycles. The van der Waals surface area contributed by atoms with E-state index >= 15 is 0 Å². The van der Waals surface area contributed by atoms with E-state index in [1.165, 1.54) is 28.9 Å². The molecule has 0 aliphatic carbocycles. The van der Waals surface area contributed by atoms with E-state index < -0.39 is 4.92 Å². The molecule has 7 heteroatoms. The quantitative estimate of drug-likeness (QED) is 0.192. The maximum absolute atomic E-state index is 11.1. The Kier molecular flexibility index (Phi) is 6.59. The number of furan rings is 1. The Bertz CT molecular complexity index is 1330. The van der Waals surface area contributed by atoms with Crippen LogP contribution in [0.3, 0.4) is 0 Å². The van der Waals surface area contributed by atoms with Crippen molar-refractivity contribution in [2.75, 3.05) is 31.1 Å². The Morgan fingerprint density at radius 2 is 1.57 bits per heavy atom. The highest BCUT2D eigenvalue weighted by molar-refractivity contribution is 7.80. The molecule has 35 heavy (non-hydrogen) atoms. The molecule has 0 saturated carbocycles. The molecule has 1 fully saturated rings. The van der Waals surface area contributed by atoms with Crippen LogP contribution in [0, 0.1) is 10.1 Å². The summed E-state index contributed by atoms with van der Waals surface area (Å²) in [5.41, 5.74) is 4.53. The average molecular weight is 484 g/mol. The van der Waals surface area contributed by atoms with Crippen molar-refractivity contribution in [3.05, 3.63) is 118 Å². The van der Waals surface area contributed by atoms with Gasteiger partial charge in [-0.25, -0.2) is 0 Å². The Hall–Kier alpha value is -3.97. The van der Waals surface area contributed by atoms with Crippen molar-refractivity contribution in [3.8, 4) is 11.3 Å². The van der Waals surface area contributed by atoms with Crippen molar-refractivity contribution in [1.29, 1.82) is 0 Å². The van der Waals surface area contributed by atoms with E-state index in [9.17, 15) is 10.1 Å². The lowest BCUT2D eigenvalue weighted by molar-refractivity contribution is -0.384. The van der Waals surface area contributed by atoms with E-state index in [0.29, 0.717) is 22.1 Å². The summed E-state index contributed by atoms with van der Waals surface area (Å²) < 4.78 is 5.97. The Morgan fingerprint density at radius 1 is 0.857 bits per heavy atom. The predicted octanol–water partition coefficient (Wildman–Crippen LogP) is 5.94. The highest BCUT2D eigenvalue weighted by Crippen LogP contribution is 2.27. The number of benzene rings is 3. The molecule has 2 heterocycles. The monoisotopic (exact) mass is 483 g/mol. The summed E-state index contributed by atoms with van der Waals surface area (Å²) in [7, 11) is 0. The molecule has 4 aromatic rings. The third-order valence-electron chi connectivity index (χ3n) is 6.28. The standard InChI is InChI=1S/C28H25N3O3S/c32-31(33)25-8-4-7-23(20-25)26-13-14-27(34-26)28(35)30-17-15-29(16-18-30)24-11-9-22(10-12-24)19-21-5-2-1-3-6-21/h1-14,20H,15-19H2.